The van der Waals surface area contributed by atoms with Crippen LogP contribution in [0.15, 0.2) is 34.8 Å². The summed E-state index contributed by atoms with van der Waals surface area (Å²) in [6.45, 7) is 2.18. The van der Waals surface area contributed by atoms with Crippen LogP contribution in [0.4, 0.5) is 0 Å². The van der Waals surface area contributed by atoms with Crippen LogP contribution in [0.3, 0.4) is 0 Å². The van der Waals surface area contributed by atoms with Gasteiger partial charge < -0.3 is 5.32 Å². The summed E-state index contributed by atoms with van der Waals surface area (Å²) in [7, 11) is -3.65. The summed E-state index contributed by atoms with van der Waals surface area (Å²) >= 11 is 1.12. The van der Waals surface area contributed by atoms with Gasteiger partial charge in [-0.05, 0) is 31.5 Å². The number of amides is 1. The first-order valence-corrected chi connectivity index (χ1v) is 8.62. The van der Waals surface area contributed by atoms with Crippen LogP contribution < -0.4 is 10.5 Å². The zero-order valence-electron chi connectivity index (χ0n) is 11.4. The fourth-order valence-electron chi connectivity index (χ4n) is 1.73. The number of carbonyl (C=O) groups excluding carboxylic acids is 1. The average molecular weight is 328 g/mol. The molecule has 7 nitrogen and oxygen atoms in total. The van der Waals surface area contributed by atoms with E-state index in [1.165, 1.54) is 6.07 Å². The minimum absolute atomic E-state index is 0.133. The molecule has 0 bridgehead atoms. The summed E-state index contributed by atoms with van der Waals surface area (Å²) in [5.74, 6) is -0.137. The zero-order valence-corrected chi connectivity index (χ0v) is 13.0. The predicted molar refractivity (Wildman–Crippen MR) is 79.3 cm³/mol. The summed E-state index contributed by atoms with van der Waals surface area (Å²) in [4.78, 5) is 12.8. The van der Waals surface area contributed by atoms with Gasteiger partial charge in [-0.1, -0.05) is 0 Å². The Morgan fingerprint density at radius 3 is 2.86 bits per heavy atom. The quantitative estimate of drug-likeness (QED) is 0.805. The van der Waals surface area contributed by atoms with E-state index in [1.807, 2.05) is 0 Å². The maximum atomic E-state index is 11.9. The Balaban J connectivity index is 1.84. The molecule has 0 fully saturated rings. The van der Waals surface area contributed by atoms with Crippen molar-refractivity contribution >= 4 is 27.3 Å². The van der Waals surface area contributed by atoms with Crippen molar-refractivity contribution in [3.63, 3.8) is 0 Å². The molecule has 21 heavy (non-hydrogen) atoms. The topological polar surface area (TPSA) is 107 Å². The van der Waals surface area contributed by atoms with E-state index in [0.717, 1.165) is 16.2 Å². The van der Waals surface area contributed by atoms with Crippen LogP contribution in [-0.4, -0.2) is 30.7 Å². The molecule has 1 amide bonds. The van der Waals surface area contributed by atoms with E-state index in [1.54, 1.807) is 36.1 Å². The van der Waals surface area contributed by atoms with E-state index in [0.29, 0.717) is 13.0 Å². The Morgan fingerprint density at radius 2 is 2.29 bits per heavy atom. The first-order valence-electron chi connectivity index (χ1n) is 6.26. The van der Waals surface area contributed by atoms with Gasteiger partial charge >= 0.3 is 0 Å². The summed E-state index contributed by atoms with van der Waals surface area (Å²) in [5.41, 5.74) is 0. The van der Waals surface area contributed by atoms with Crippen molar-refractivity contribution in [3.05, 3.63) is 35.5 Å². The van der Waals surface area contributed by atoms with Crippen molar-refractivity contribution in [3.8, 4) is 0 Å². The number of aromatic nitrogens is 2. The van der Waals surface area contributed by atoms with Crippen molar-refractivity contribution in [1.82, 2.24) is 15.1 Å². The highest BCUT2D eigenvalue weighted by atomic mass is 32.2. The van der Waals surface area contributed by atoms with Gasteiger partial charge in [-0.3, -0.25) is 9.48 Å². The van der Waals surface area contributed by atoms with Gasteiger partial charge in [-0.15, -0.1) is 11.3 Å². The third kappa shape index (κ3) is 4.13. The SMILES string of the molecule is CC(C(=O)NCCc1ccc(S(N)(=O)=O)s1)n1cccn1. The molecule has 2 aromatic rings. The molecule has 9 heteroatoms. The third-order valence-corrected chi connectivity index (χ3v) is 5.47. The van der Waals surface area contributed by atoms with E-state index >= 15 is 0 Å². The molecule has 0 saturated heterocycles. The smallest absolute Gasteiger partial charge is 0.247 e. The molecule has 2 aromatic heterocycles. The van der Waals surface area contributed by atoms with E-state index in [9.17, 15) is 13.2 Å². The van der Waals surface area contributed by atoms with Crippen LogP contribution in [0, 0.1) is 0 Å². The molecule has 0 aromatic carbocycles. The van der Waals surface area contributed by atoms with Crippen LogP contribution in [0.25, 0.3) is 0 Å². The molecular formula is C12H16N4O3S2. The Morgan fingerprint density at radius 1 is 1.52 bits per heavy atom. The molecule has 0 spiro atoms. The standard InChI is InChI=1S/C12H16N4O3S2/c1-9(16-8-2-6-15-16)12(17)14-7-5-10-3-4-11(20-10)21(13,18)19/h2-4,6,8-9H,5,7H2,1H3,(H,14,17)(H2,13,18,19). The van der Waals surface area contributed by atoms with Crippen LogP contribution in [0.1, 0.15) is 17.8 Å². The minimum atomic E-state index is -3.65. The van der Waals surface area contributed by atoms with Crippen molar-refractivity contribution in [2.45, 2.75) is 23.6 Å². The molecule has 0 aliphatic heterocycles. The molecule has 0 saturated carbocycles. The monoisotopic (exact) mass is 328 g/mol. The lowest BCUT2D eigenvalue weighted by Gasteiger charge is -2.12. The first kappa shape index (κ1) is 15.7. The molecule has 0 aliphatic carbocycles. The van der Waals surface area contributed by atoms with Gasteiger partial charge in [0.15, 0.2) is 0 Å². The molecule has 0 radical (unpaired) electrons. The number of hydrogen-bond acceptors (Lipinski definition) is 5. The Kier molecular flexibility index (Phi) is 4.76. The molecule has 2 rings (SSSR count). The van der Waals surface area contributed by atoms with Gasteiger partial charge in [-0.2, -0.15) is 5.10 Å². The lowest BCUT2D eigenvalue weighted by Crippen LogP contribution is -2.32. The number of primary sulfonamides is 1. The number of carbonyl (C=O) groups is 1. The van der Waals surface area contributed by atoms with Gasteiger partial charge in [0.1, 0.15) is 10.3 Å². The molecule has 1 unspecified atom stereocenters. The van der Waals surface area contributed by atoms with Crippen LogP contribution in [-0.2, 0) is 21.2 Å². The normalized spacial score (nSPS) is 13.0. The summed E-state index contributed by atoms with van der Waals surface area (Å²) in [6.07, 6.45) is 3.89. The summed E-state index contributed by atoms with van der Waals surface area (Å²) < 4.78 is 24.0. The van der Waals surface area contributed by atoms with Gasteiger partial charge in [0.05, 0.1) is 0 Å². The molecular weight excluding hydrogens is 312 g/mol. The Labute approximate surface area is 126 Å². The Hall–Kier alpha value is -1.71. The lowest BCUT2D eigenvalue weighted by molar-refractivity contribution is -0.124. The second-order valence-electron chi connectivity index (χ2n) is 4.47. The molecule has 1 atom stereocenters. The number of thiophene rings is 1. The summed E-state index contributed by atoms with van der Waals surface area (Å²) in [5, 5.41) is 11.8. The van der Waals surface area contributed by atoms with Crippen molar-refractivity contribution < 1.29 is 13.2 Å². The largest absolute Gasteiger partial charge is 0.354 e. The molecule has 114 valence electrons. The van der Waals surface area contributed by atoms with Crippen molar-refractivity contribution in [1.29, 1.82) is 0 Å². The maximum Gasteiger partial charge on any atom is 0.247 e. The first-order chi connectivity index (χ1) is 9.88. The van der Waals surface area contributed by atoms with Gasteiger partial charge in [0, 0.05) is 23.8 Å². The van der Waals surface area contributed by atoms with E-state index in [4.69, 9.17) is 5.14 Å². The fourth-order valence-corrected chi connectivity index (χ4v) is 3.51. The second kappa shape index (κ2) is 6.37. The number of sulfonamides is 1. The zero-order chi connectivity index (χ0) is 15.5. The summed E-state index contributed by atoms with van der Waals surface area (Å²) in [6, 6.07) is 4.55. The highest BCUT2D eigenvalue weighted by molar-refractivity contribution is 7.91. The van der Waals surface area contributed by atoms with E-state index in [2.05, 4.69) is 10.4 Å². The fraction of sp³-hybridized carbons (Fsp3) is 0.333. The van der Waals surface area contributed by atoms with Crippen LogP contribution in [0.2, 0.25) is 0 Å². The molecule has 2 heterocycles. The second-order valence-corrected chi connectivity index (χ2v) is 7.43. The van der Waals surface area contributed by atoms with Gasteiger partial charge in [-0.25, -0.2) is 13.6 Å². The van der Waals surface area contributed by atoms with Gasteiger partial charge in [0.25, 0.3) is 0 Å². The van der Waals surface area contributed by atoms with Gasteiger partial charge in [0.2, 0.25) is 15.9 Å². The van der Waals surface area contributed by atoms with E-state index < -0.39 is 10.0 Å². The highest BCUT2D eigenvalue weighted by Crippen LogP contribution is 2.20. The van der Waals surface area contributed by atoms with E-state index in [-0.39, 0.29) is 16.2 Å². The maximum absolute atomic E-state index is 11.9. The lowest BCUT2D eigenvalue weighted by atomic mass is 10.3. The average Bonchev–Trinajstić information content (AvgIpc) is 3.08. The number of hydrogen-bond donors (Lipinski definition) is 2. The van der Waals surface area contributed by atoms with Crippen molar-refractivity contribution in [2.24, 2.45) is 5.14 Å². The van der Waals surface area contributed by atoms with Crippen LogP contribution in [0.5, 0.6) is 0 Å². The highest BCUT2D eigenvalue weighted by Gasteiger charge is 2.15. The number of nitrogens with two attached hydrogens (primary N) is 1. The molecule has 3 N–H and O–H groups in total. The van der Waals surface area contributed by atoms with Crippen LogP contribution >= 0.6 is 11.3 Å². The third-order valence-electron chi connectivity index (χ3n) is 2.89. The van der Waals surface area contributed by atoms with Crippen molar-refractivity contribution in [2.75, 3.05) is 6.54 Å². The Bertz CT molecular complexity index is 707. The number of nitrogens with one attached hydrogen (secondary N) is 1. The minimum Gasteiger partial charge on any atom is -0.354 e. The number of nitrogens with zero attached hydrogens (tertiary/aromatic N) is 2. The predicted octanol–water partition coefficient (Wildman–Crippen LogP) is 0.512. The number of rotatable bonds is 6. The molecule has 0 aliphatic rings.